The standard InChI is InChI=1S/C29H32N4O2/c34-29(30-16-7-17-32-18-20-33(21-19-32)25-10-5-2-6-11-25)24-13-14-26-27(22-24)35-28(31-26)15-12-23-8-3-1-4-9-23/h1-6,8-11,13-14,22H,7,12,15-21H2,(H,30,34). The second-order valence-corrected chi connectivity index (χ2v) is 9.05. The van der Waals surface area contributed by atoms with Crippen LogP contribution in [0.2, 0.25) is 0 Å². The minimum absolute atomic E-state index is 0.0666. The highest BCUT2D eigenvalue weighted by molar-refractivity contribution is 5.97. The van der Waals surface area contributed by atoms with E-state index in [1.54, 1.807) is 6.07 Å². The Labute approximate surface area is 206 Å². The number of carbonyl (C=O) groups excluding carboxylic acids is 1. The maximum atomic E-state index is 12.7. The van der Waals surface area contributed by atoms with Crippen LogP contribution in [0.15, 0.2) is 83.3 Å². The average Bonchev–Trinajstić information content (AvgIpc) is 3.33. The first kappa shape index (κ1) is 23.1. The molecule has 35 heavy (non-hydrogen) atoms. The molecule has 1 fully saturated rings. The smallest absolute Gasteiger partial charge is 0.251 e. The van der Waals surface area contributed by atoms with E-state index in [1.165, 1.54) is 11.3 Å². The fraction of sp³-hybridized carbons (Fsp3) is 0.310. The summed E-state index contributed by atoms with van der Waals surface area (Å²) in [6, 6.07) is 26.4. The fourth-order valence-electron chi connectivity index (χ4n) is 4.59. The lowest BCUT2D eigenvalue weighted by molar-refractivity contribution is 0.0951. The predicted octanol–water partition coefficient (Wildman–Crippen LogP) is 4.56. The minimum atomic E-state index is -0.0666. The highest BCUT2D eigenvalue weighted by Gasteiger charge is 2.17. The predicted molar refractivity (Wildman–Crippen MR) is 140 cm³/mol. The van der Waals surface area contributed by atoms with E-state index in [2.05, 4.69) is 62.6 Å². The molecule has 2 heterocycles. The third-order valence-corrected chi connectivity index (χ3v) is 6.60. The van der Waals surface area contributed by atoms with Crippen molar-refractivity contribution in [2.45, 2.75) is 19.3 Å². The first-order valence-corrected chi connectivity index (χ1v) is 12.5. The van der Waals surface area contributed by atoms with Crippen molar-refractivity contribution >= 4 is 22.7 Å². The molecule has 1 amide bonds. The number of oxazole rings is 1. The van der Waals surface area contributed by atoms with Crippen molar-refractivity contribution < 1.29 is 9.21 Å². The maximum Gasteiger partial charge on any atom is 0.251 e. The van der Waals surface area contributed by atoms with Gasteiger partial charge in [-0.05, 0) is 55.3 Å². The van der Waals surface area contributed by atoms with Gasteiger partial charge in [-0.15, -0.1) is 0 Å². The molecule has 1 saturated heterocycles. The number of nitrogens with one attached hydrogen (secondary N) is 1. The van der Waals surface area contributed by atoms with Crippen LogP contribution in [0.4, 0.5) is 5.69 Å². The van der Waals surface area contributed by atoms with Gasteiger partial charge in [0, 0.05) is 50.4 Å². The Bertz CT molecular complexity index is 1230. The van der Waals surface area contributed by atoms with Gasteiger partial charge in [0.1, 0.15) is 5.52 Å². The van der Waals surface area contributed by atoms with Crippen LogP contribution in [0.5, 0.6) is 0 Å². The molecule has 3 aromatic carbocycles. The van der Waals surface area contributed by atoms with E-state index in [1.807, 2.05) is 30.3 Å². The summed E-state index contributed by atoms with van der Waals surface area (Å²) in [6.07, 6.45) is 2.55. The Hall–Kier alpha value is -3.64. The molecule has 4 aromatic rings. The molecule has 1 aromatic heterocycles. The molecule has 1 N–H and O–H groups in total. The molecule has 0 radical (unpaired) electrons. The van der Waals surface area contributed by atoms with Gasteiger partial charge in [0.25, 0.3) is 5.91 Å². The third-order valence-electron chi connectivity index (χ3n) is 6.60. The second-order valence-electron chi connectivity index (χ2n) is 9.05. The minimum Gasteiger partial charge on any atom is -0.441 e. The Morgan fingerprint density at radius 2 is 1.63 bits per heavy atom. The van der Waals surface area contributed by atoms with Crippen LogP contribution in [-0.2, 0) is 12.8 Å². The van der Waals surface area contributed by atoms with Gasteiger partial charge in [-0.2, -0.15) is 0 Å². The van der Waals surface area contributed by atoms with E-state index in [4.69, 9.17) is 4.42 Å². The molecule has 1 aliphatic heterocycles. The van der Waals surface area contributed by atoms with Crippen molar-refractivity contribution in [1.82, 2.24) is 15.2 Å². The largest absolute Gasteiger partial charge is 0.441 e. The number of para-hydroxylation sites is 1. The number of aryl methyl sites for hydroxylation is 2. The van der Waals surface area contributed by atoms with Crippen LogP contribution < -0.4 is 10.2 Å². The van der Waals surface area contributed by atoms with Gasteiger partial charge in [-0.25, -0.2) is 4.98 Å². The monoisotopic (exact) mass is 468 g/mol. The van der Waals surface area contributed by atoms with Crippen molar-refractivity contribution in [2.75, 3.05) is 44.2 Å². The fourth-order valence-corrected chi connectivity index (χ4v) is 4.59. The highest BCUT2D eigenvalue weighted by atomic mass is 16.3. The van der Waals surface area contributed by atoms with Crippen molar-refractivity contribution in [1.29, 1.82) is 0 Å². The summed E-state index contributed by atoms with van der Waals surface area (Å²) in [5, 5.41) is 3.05. The normalized spacial score (nSPS) is 14.3. The maximum absolute atomic E-state index is 12.7. The zero-order valence-electron chi connectivity index (χ0n) is 20.0. The van der Waals surface area contributed by atoms with Crippen LogP contribution in [0.25, 0.3) is 11.1 Å². The van der Waals surface area contributed by atoms with Crippen molar-refractivity contribution in [3.8, 4) is 0 Å². The van der Waals surface area contributed by atoms with Crippen LogP contribution in [0.1, 0.15) is 28.2 Å². The third kappa shape index (κ3) is 6.08. The van der Waals surface area contributed by atoms with Crippen molar-refractivity contribution in [3.05, 3.63) is 95.9 Å². The molecule has 0 atom stereocenters. The van der Waals surface area contributed by atoms with Crippen molar-refractivity contribution in [2.24, 2.45) is 0 Å². The molecule has 0 bridgehead atoms. The quantitative estimate of drug-likeness (QED) is 0.365. The van der Waals surface area contributed by atoms with E-state index in [0.717, 1.165) is 57.5 Å². The molecular weight excluding hydrogens is 436 g/mol. The molecule has 0 unspecified atom stereocenters. The first-order valence-electron chi connectivity index (χ1n) is 12.5. The Morgan fingerprint density at radius 3 is 2.40 bits per heavy atom. The lowest BCUT2D eigenvalue weighted by Gasteiger charge is -2.36. The summed E-state index contributed by atoms with van der Waals surface area (Å²) in [6.45, 7) is 5.85. The Morgan fingerprint density at radius 1 is 0.886 bits per heavy atom. The lowest BCUT2D eigenvalue weighted by Crippen LogP contribution is -2.47. The van der Waals surface area contributed by atoms with E-state index >= 15 is 0 Å². The summed E-state index contributed by atoms with van der Waals surface area (Å²) < 4.78 is 5.92. The SMILES string of the molecule is O=C(NCCCN1CCN(c2ccccc2)CC1)c1ccc2nc(CCc3ccccc3)oc2c1. The molecule has 6 nitrogen and oxygen atoms in total. The molecule has 6 heteroatoms. The molecule has 0 saturated carbocycles. The summed E-state index contributed by atoms with van der Waals surface area (Å²) in [7, 11) is 0. The van der Waals surface area contributed by atoms with E-state index < -0.39 is 0 Å². The number of benzene rings is 3. The molecule has 1 aliphatic rings. The number of fused-ring (bicyclic) bond motifs is 1. The van der Waals surface area contributed by atoms with E-state index in [9.17, 15) is 4.79 Å². The molecule has 0 spiro atoms. The number of nitrogens with zero attached hydrogens (tertiary/aromatic N) is 3. The Balaban J connectivity index is 1.05. The van der Waals surface area contributed by atoms with Gasteiger partial charge in [0.15, 0.2) is 11.5 Å². The summed E-state index contributed by atoms with van der Waals surface area (Å²) in [5.41, 5.74) is 4.62. The average molecular weight is 469 g/mol. The van der Waals surface area contributed by atoms with Gasteiger partial charge >= 0.3 is 0 Å². The molecule has 5 rings (SSSR count). The number of carbonyl (C=O) groups is 1. The second kappa shape index (κ2) is 11.2. The number of anilines is 1. The van der Waals surface area contributed by atoms with E-state index in [-0.39, 0.29) is 5.91 Å². The highest BCUT2D eigenvalue weighted by Crippen LogP contribution is 2.19. The van der Waals surface area contributed by atoms with Crippen LogP contribution >= 0.6 is 0 Å². The molecule has 0 aliphatic carbocycles. The van der Waals surface area contributed by atoms with Crippen LogP contribution in [0.3, 0.4) is 0 Å². The summed E-state index contributed by atoms with van der Waals surface area (Å²) >= 11 is 0. The molecule has 180 valence electrons. The topological polar surface area (TPSA) is 61.6 Å². The number of rotatable bonds is 9. The first-order chi connectivity index (χ1) is 17.2. The zero-order valence-corrected chi connectivity index (χ0v) is 20.0. The number of hydrogen-bond acceptors (Lipinski definition) is 5. The lowest BCUT2D eigenvalue weighted by atomic mass is 10.1. The van der Waals surface area contributed by atoms with E-state index in [0.29, 0.717) is 23.6 Å². The number of piperazine rings is 1. The van der Waals surface area contributed by atoms with Crippen LogP contribution in [-0.4, -0.2) is 55.1 Å². The number of hydrogen-bond donors (Lipinski definition) is 1. The number of aromatic nitrogens is 1. The summed E-state index contributed by atoms with van der Waals surface area (Å²) in [5.74, 6) is 0.636. The van der Waals surface area contributed by atoms with Gasteiger partial charge in [-0.3, -0.25) is 9.69 Å². The van der Waals surface area contributed by atoms with Gasteiger partial charge in [0.05, 0.1) is 0 Å². The Kier molecular flexibility index (Phi) is 7.39. The van der Waals surface area contributed by atoms with Gasteiger partial charge < -0.3 is 14.6 Å². The summed E-state index contributed by atoms with van der Waals surface area (Å²) in [4.78, 5) is 22.1. The van der Waals surface area contributed by atoms with Crippen molar-refractivity contribution in [3.63, 3.8) is 0 Å². The van der Waals surface area contributed by atoms with Gasteiger partial charge in [0.2, 0.25) is 0 Å². The number of amides is 1. The van der Waals surface area contributed by atoms with Gasteiger partial charge in [-0.1, -0.05) is 48.5 Å². The van der Waals surface area contributed by atoms with Crippen LogP contribution in [0, 0.1) is 0 Å². The molecular formula is C29H32N4O2. The zero-order chi connectivity index (χ0) is 23.9.